The number of amides is 4. The first kappa shape index (κ1) is 38.0. The van der Waals surface area contributed by atoms with E-state index in [1.54, 1.807) is 18.4 Å². The summed E-state index contributed by atoms with van der Waals surface area (Å²) < 4.78 is 12.3. The van der Waals surface area contributed by atoms with Gasteiger partial charge in [-0.3, -0.25) is 9.59 Å². The Morgan fingerprint density at radius 3 is 2.49 bits per heavy atom. The van der Waals surface area contributed by atoms with Crippen LogP contribution in [0.3, 0.4) is 0 Å². The molecule has 0 spiro atoms. The summed E-state index contributed by atoms with van der Waals surface area (Å²) in [6.07, 6.45) is 5.77. The van der Waals surface area contributed by atoms with E-state index >= 15 is 0 Å². The average Bonchev–Trinajstić information content (AvgIpc) is 3.55. The van der Waals surface area contributed by atoms with Gasteiger partial charge in [-0.05, 0) is 50.2 Å². The molecule has 284 valence electrons. The second-order valence-electron chi connectivity index (χ2n) is 15.5. The van der Waals surface area contributed by atoms with Crippen LogP contribution in [0.1, 0.15) is 76.8 Å². The van der Waals surface area contributed by atoms with Crippen molar-refractivity contribution in [2.45, 2.75) is 109 Å². The first-order chi connectivity index (χ1) is 25.2. The first-order valence-electron chi connectivity index (χ1n) is 18.3. The van der Waals surface area contributed by atoms with Gasteiger partial charge in [0.1, 0.15) is 35.2 Å². The van der Waals surface area contributed by atoms with Gasteiger partial charge in [0, 0.05) is 40.8 Å². The fraction of sp³-hybridized carbons (Fsp3) is 0.538. The van der Waals surface area contributed by atoms with Crippen molar-refractivity contribution in [3.05, 3.63) is 46.8 Å². The van der Waals surface area contributed by atoms with Crippen molar-refractivity contribution in [1.82, 2.24) is 30.8 Å². The molecule has 3 fully saturated rings. The number of nitrogens with one attached hydrogen (secondary N) is 3. The maximum Gasteiger partial charge on any atom is 0.330 e. The van der Waals surface area contributed by atoms with Crippen LogP contribution in [0.25, 0.3) is 22.3 Å². The minimum atomic E-state index is -1.49. The Labute approximate surface area is 313 Å². The van der Waals surface area contributed by atoms with E-state index in [1.807, 2.05) is 58.2 Å². The molecule has 3 heterocycles. The van der Waals surface area contributed by atoms with Crippen molar-refractivity contribution < 1.29 is 33.8 Å². The Bertz CT molecular complexity index is 1920. The number of carboxylic acids is 1. The van der Waals surface area contributed by atoms with Crippen molar-refractivity contribution in [2.75, 3.05) is 13.7 Å². The molecule has 2 aliphatic carbocycles. The number of hydrogen-bond acceptors (Lipinski definition) is 9. The summed E-state index contributed by atoms with van der Waals surface area (Å²) in [6, 6.07) is 3.08. The lowest BCUT2D eigenvalue weighted by Gasteiger charge is -2.35. The lowest BCUT2D eigenvalue weighted by Crippen LogP contribution is -2.60. The molecular formula is C39H50N6O7S. The number of rotatable bonds is 12. The minimum Gasteiger partial charge on any atom is -0.496 e. The van der Waals surface area contributed by atoms with E-state index in [-0.39, 0.29) is 25.4 Å². The van der Waals surface area contributed by atoms with Crippen molar-refractivity contribution >= 4 is 46.1 Å². The monoisotopic (exact) mass is 746 g/mol. The normalized spacial score (nSPS) is 23.4. The number of urea groups is 1. The van der Waals surface area contributed by atoms with Gasteiger partial charge < -0.3 is 35.4 Å². The summed E-state index contributed by atoms with van der Waals surface area (Å²) in [5, 5.41) is 22.4. The van der Waals surface area contributed by atoms with Crippen LogP contribution >= 0.6 is 11.3 Å². The molecule has 4 amide bonds. The highest BCUT2D eigenvalue weighted by atomic mass is 32.1. The Morgan fingerprint density at radius 2 is 1.89 bits per heavy atom. The SMILES string of the molecule is C=C[C@@H]1C[C@]1(NC(=O)[C@@H]1C[C@@H](Oc2cc(-c3csc(CC)n3)nc3c(C)c(OC)ccc23)CN1C(=O)[C@@H](NC(=O)NC1CCCC1)C(C)(C)C)C(=O)O. The van der Waals surface area contributed by atoms with E-state index in [9.17, 15) is 24.3 Å². The van der Waals surface area contributed by atoms with Gasteiger partial charge >= 0.3 is 12.0 Å². The van der Waals surface area contributed by atoms with Gasteiger partial charge in [0.2, 0.25) is 11.8 Å². The number of likely N-dealkylation sites (tertiary alicyclic amines) is 1. The standard InChI is InChI=1S/C39H50N6O7S/c1-8-22-18-39(22,36(48)49)44-34(46)28-16-24(19-45(28)35(47)33(38(4,5)6)43-37(50)40-23-12-10-11-13-23)52-30-17-26(27-20-53-31(9-2)41-27)42-32-21(3)29(51-7)15-14-25(30)32/h8,14-15,17,20,22-24,28,33H,1,9-13,16,18-19H2,2-7H3,(H,44,46)(H,48,49)(H2,40,43,50)/t22-,24-,28+,33-,39-/m1/s1. The van der Waals surface area contributed by atoms with Crippen molar-refractivity contribution in [2.24, 2.45) is 11.3 Å². The van der Waals surface area contributed by atoms with Crippen LogP contribution in [0.15, 0.2) is 36.2 Å². The maximum absolute atomic E-state index is 14.6. The molecule has 4 N–H and O–H groups in total. The van der Waals surface area contributed by atoms with Gasteiger partial charge in [-0.2, -0.15) is 0 Å². The zero-order valence-corrected chi connectivity index (χ0v) is 32.1. The molecule has 0 bridgehead atoms. The molecule has 1 aromatic carbocycles. The predicted octanol–water partition coefficient (Wildman–Crippen LogP) is 5.39. The van der Waals surface area contributed by atoms with Gasteiger partial charge in [-0.1, -0.05) is 46.6 Å². The molecule has 2 saturated carbocycles. The number of aromatic nitrogens is 2. The first-order valence-corrected chi connectivity index (χ1v) is 19.2. The van der Waals surface area contributed by atoms with Gasteiger partial charge in [-0.25, -0.2) is 19.6 Å². The molecule has 1 aliphatic heterocycles. The number of carboxylic acid groups (broad SMARTS) is 1. The topological polar surface area (TPSA) is 172 Å². The number of aryl methyl sites for hydroxylation is 2. The number of pyridine rings is 1. The smallest absolute Gasteiger partial charge is 0.330 e. The molecule has 3 aliphatic rings. The Morgan fingerprint density at radius 1 is 1.15 bits per heavy atom. The van der Waals surface area contributed by atoms with Crippen LogP contribution in [0.5, 0.6) is 11.5 Å². The number of nitrogens with zero attached hydrogens (tertiary/aromatic N) is 3. The number of carbonyl (C=O) groups is 4. The number of methoxy groups -OCH3 is 1. The minimum absolute atomic E-state index is 0.0192. The van der Waals surface area contributed by atoms with Gasteiger partial charge in [0.15, 0.2) is 0 Å². The third-order valence-corrected chi connectivity index (χ3v) is 11.7. The van der Waals surface area contributed by atoms with Crippen LogP contribution in [-0.2, 0) is 20.8 Å². The summed E-state index contributed by atoms with van der Waals surface area (Å²) in [5.41, 5.74) is 0.579. The third-order valence-electron chi connectivity index (χ3n) is 10.7. The molecular weight excluding hydrogens is 697 g/mol. The molecule has 6 rings (SSSR count). The number of hydrogen-bond donors (Lipinski definition) is 4. The Balaban J connectivity index is 1.34. The van der Waals surface area contributed by atoms with Crippen molar-refractivity contribution in [3.8, 4) is 22.9 Å². The van der Waals surface area contributed by atoms with E-state index in [0.717, 1.165) is 48.1 Å². The zero-order chi connectivity index (χ0) is 38.2. The number of carbonyl (C=O) groups excluding carboxylic acids is 3. The summed E-state index contributed by atoms with van der Waals surface area (Å²) >= 11 is 1.55. The highest BCUT2D eigenvalue weighted by Crippen LogP contribution is 2.45. The van der Waals surface area contributed by atoms with Crippen molar-refractivity contribution in [3.63, 3.8) is 0 Å². The van der Waals surface area contributed by atoms with Gasteiger partial charge in [0.25, 0.3) is 0 Å². The largest absolute Gasteiger partial charge is 0.496 e. The molecule has 5 atom stereocenters. The van der Waals surface area contributed by atoms with Crippen LogP contribution in [0.4, 0.5) is 4.79 Å². The van der Waals surface area contributed by atoms with E-state index in [1.165, 1.54) is 11.0 Å². The van der Waals surface area contributed by atoms with Crippen LogP contribution in [0.2, 0.25) is 0 Å². The molecule has 1 saturated heterocycles. The lowest BCUT2D eigenvalue weighted by molar-refractivity contribution is -0.146. The fourth-order valence-corrected chi connectivity index (χ4v) is 8.27. The quantitative estimate of drug-likeness (QED) is 0.178. The Hall–Kier alpha value is -4.72. The molecule has 2 aromatic heterocycles. The van der Waals surface area contributed by atoms with Gasteiger partial charge in [-0.15, -0.1) is 17.9 Å². The molecule has 0 unspecified atom stereocenters. The predicted molar refractivity (Wildman–Crippen MR) is 202 cm³/mol. The summed E-state index contributed by atoms with van der Waals surface area (Å²) in [4.78, 5) is 65.4. The fourth-order valence-electron chi connectivity index (χ4n) is 7.54. The highest BCUT2D eigenvalue weighted by molar-refractivity contribution is 7.09. The Kier molecular flexibility index (Phi) is 10.7. The second-order valence-corrected chi connectivity index (χ2v) is 16.4. The third kappa shape index (κ3) is 7.69. The molecule has 0 radical (unpaired) electrons. The molecule has 53 heavy (non-hydrogen) atoms. The van der Waals surface area contributed by atoms with Crippen LogP contribution in [-0.4, -0.2) is 87.2 Å². The number of aliphatic carboxylic acids is 1. The van der Waals surface area contributed by atoms with Crippen molar-refractivity contribution in [1.29, 1.82) is 0 Å². The second kappa shape index (κ2) is 15.0. The zero-order valence-electron chi connectivity index (χ0n) is 31.3. The lowest BCUT2D eigenvalue weighted by atomic mass is 9.85. The highest BCUT2D eigenvalue weighted by Gasteiger charge is 2.61. The number of fused-ring (bicyclic) bond motifs is 1. The number of thiazole rings is 1. The molecule has 14 heteroatoms. The maximum atomic E-state index is 14.6. The molecule has 3 aromatic rings. The summed E-state index contributed by atoms with van der Waals surface area (Å²) in [5.74, 6) is -1.50. The van der Waals surface area contributed by atoms with E-state index < -0.39 is 58.9 Å². The summed E-state index contributed by atoms with van der Waals surface area (Å²) in [6.45, 7) is 13.3. The number of ether oxygens (including phenoxy) is 2. The average molecular weight is 747 g/mol. The van der Waals surface area contributed by atoms with Crippen LogP contribution in [0, 0.1) is 18.3 Å². The summed E-state index contributed by atoms with van der Waals surface area (Å²) in [7, 11) is 1.60. The number of benzene rings is 1. The van der Waals surface area contributed by atoms with Crippen LogP contribution < -0.4 is 25.4 Å². The van der Waals surface area contributed by atoms with Gasteiger partial charge in [0.05, 0.1) is 35.6 Å². The van der Waals surface area contributed by atoms with E-state index in [2.05, 4.69) is 22.5 Å². The van der Waals surface area contributed by atoms with E-state index in [0.29, 0.717) is 28.4 Å². The van der Waals surface area contributed by atoms with E-state index in [4.69, 9.17) is 19.4 Å². The molecule has 13 nitrogen and oxygen atoms in total.